The first-order valence-corrected chi connectivity index (χ1v) is 11.6. The van der Waals surface area contributed by atoms with Crippen molar-refractivity contribution >= 4 is 21.6 Å². The maximum atomic E-state index is 13.0. The van der Waals surface area contributed by atoms with E-state index in [0.717, 1.165) is 25.9 Å². The van der Waals surface area contributed by atoms with Crippen molar-refractivity contribution < 1.29 is 13.2 Å². The first kappa shape index (κ1) is 21.3. The predicted octanol–water partition coefficient (Wildman–Crippen LogP) is 3.12. The van der Waals surface area contributed by atoms with Gasteiger partial charge in [0.15, 0.2) is 0 Å². The molecule has 7 heteroatoms. The van der Waals surface area contributed by atoms with Crippen LogP contribution in [0.4, 0.5) is 5.69 Å². The normalized spacial score (nSPS) is 17.2. The van der Waals surface area contributed by atoms with Crippen LogP contribution in [-0.2, 0) is 10.0 Å². The van der Waals surface area contributed by atoms with Crippen LogP contribution in [0.1, 0.15) is 37.0 Å². The van der Waals surface area contributed by atoms with Gasteiger partial charge in [-0.05, 0) is 69.3 Å². The Hall–Kier alpha value is -2.38. The molecule has 0 bridgehead atoms. The number of benzene rings is 2. The van der Waals surface area contributed by atoms with Gasteiger partial charge in [-0.25, -0.2) is 8.42 Å². The molecule has 1 saturated heterocycles. The molecular formula is C22H29N3O3S. The molecule has 29 heavy (non-hydrogen) atoms. The number of hydrogen-bond donors (Lipinski definition) is 1. The van der Waals surface area contributed by atoms with E-state index < -0.39 is 10.0 Å². The van der Waals surface area contributed by atoms with Crippen LogP contribution in [-0.4, -0.2) is 51.4 Å². The molecule has 1 fully saturated rings. The number of hydrogen-bond acceptors (Lipinski definition) is 4. The highest BCUT2D eigenvalue weighted by Gasteiger charge is 2.25. The van der Waals surface area contributed by atoms with Crippen LogP contribution in [0.3, 0.4) is 0 Å². The maximum Gasteiger partial charge on any atom is 0.264 e. The maximum absolute atomic E-state index is 13.0. The van der Waals surface area contributed by atoms with E-state index in [-0.39, 0.29) is 10.8 Å². The van der Waals surface area contributed by atoms with E-state index in [1.54, 1.807) is 31.2 Å². The van der Waals surface area contributed by atoms with Crippen LogP contribution >= 0.6 is 0 Å². The summed E-state index contributed by atoms with van der Waals surface area (Å²) in [4.78, 5) is 15.0. The van der Waals surface area contributed by atoms with Gasteiger partial charge in [-0.15, -0.1) is 0 Å². The fourth-order valence-electron chi connectivity index (χ4n) is 3.85. The third-order valence-corrected chi connectivity index (χ3v) is 7.36. The Bertz CT molecular complexity index is 914. The molecule has 1 atom stereocenters. The molecule has 1 aliphatic heterocycles. The van der Waals surface area contributed by atoms with E-state index in [4.69, 9.17) is 0 Å². The quantitative estimate of drug-likeness (QED) is 0.719. The molecule has 1 heterocycles. The molecule has 0 saturated carbocycles. The van der Waals surface area contributed by atoms with Gasteiger partial charge >= 0.3 is 0 Å². The lowest BCUT2D eigenvalue weighted by Gasteiger charge is -2.23. The van der Waals surface area contributed by atoms with Crippen LogP contribution in [0.5, 0.6) is 0 Å². The molecule has 3 rings (SSSR count). The summed E-state index contributed by atoms with van der Waals surface area (Å²) in [5.74, 6) is -0.174. The molecule has 1 unspecified atom stereocenters. The molecule has 0 radical (unpaired) electrons. The Labute approximate surface area is 173 Å². The van der Waals surface area contributed by atoms with Gasteiger partial charge in [0.25, 0.3) is 15.9 Å². The fourth-order valence-corrected chi connectivity index (χ4v) is 5.32. The van der Waals surface area contributed by atoms with Gasteiger partial charge in [-0.1, -0.05) is 25.1 Å². The first-order valence-electron chi connectivity index (χ1n) is 10.2. The number of amides is 1. The monoisotopic (exact) mass is 415 g/mol. The third kappa shape index (κ3) is 4.79. The van der Waals surface area contributed by atoms with E-state index in [1.807, 2.05) is 18.2 Å². The van der Waals surface area contributed by atoms with E-state index in [0.29, 0.717) is 30.4 Å². The van der Waals surface area contributed by atoms with Crippen molar-refractivity contribution in [3.63, 3.8) is 0 Å². The van der Waals surface area contributed by atoms with Gasteiger partial charge in [0, 0.05) is 24.7 Å². The molecular weight excluding hydrogens is 386 g/mol. The van der Waals surface area contributed by atoms with Crippen LogP contribution < -0.4 is 9.62 Å². The molecule has 2 aromatic rings. The molecule has 1 aliphatic rings. The van der Waals surface area contributed by atoms with Crippen molar-refractivity contribution in [3.8, 4) is 0 Å². The zero-order valence-corrected chi connectivity index (χ0v) is 17.9. The lowest BCUT2D eigenvalue weighted by molar-refractivity contribution is 0.0941. The third-order valence-electron chi connectivity index (χ3n) is 5.44. The van der Waals surface area contributed by atoms with Crippen LogP contribution in [0.2, 0.25) is 0 Å². The Morgan fingerprint density at radius 1 is 1.10 bits per heavy atom. The van der Waals surface area contributed by atoms with Crippen molar-refractivity contribution in [1.82, 2.24) is 10.2 Å². The number of nitrogens with one attached hydrogen (secondary N) is 1. The van der Waals surface area contributed by atoms with Gasteiger partial charge in [0.1, 0.15) is 0 Å². The topological polar surface area (TPSA) is 69.7 Å². The van der Waals surface area contributed by atoms with Gasteiger partial charge < -0.3 is 5.32 Å². The second-order valence-corrected chi connectivity index (χ2v) is 9.03. The number of sulfonamides is 1. The van der Waals surface area contributed by atoms with Gasteiger partial charge in [-0.2, -0.15) is 0 Å². The summed E-state index contributed by atoms with van der Waals surface area (Å²) in [5, 5.41) is 2.98. The summed E-state index contributed by atoms with van der Waals surface area (Å²) < 4.78 is 27.4. The van der Waals surface area contributed by atoms with E-state index in [1.165, 1.54) is 16.4 Å². The summed E-state index contributed by atoms with van der Waals surface area (Å²) >= 11 is 0. The molecule has 1 N–H and O–H groups in total. The minimum atomic E-state index is -3.69. The molecule has 0 spiro atoms. The SMILES string of the molecule is CCN1CCCC1CNC(=O)c1ccc(S(=O)(=O)N(CC)c2ccccc2)cc1. The highest BCUT2D eigenvalue weighted by molar-refractivity contribution is 7.92. The largest absolute Gasteiger partial charge is 0.350 e. The number of anilines is 1. The summed E-state index contributed by atoms with van der Waals surface area (Å²) in [5.41, 5.74) is 1.08. The average Bonchev–Trinajstić information content (AvgIpc) is 3.21. The molecule has 1 amide bonds. The highest BCUT2D eigenvalue weighted by Crippen LogP contribution is 2.23. The predicted molar refractivity (Wildman–Crippen MR) is 116 cm³/mol. The number of carbonyl (C=O) groups excluding carboxylic acids is 1. The number of likely N-dealkylation sites (tertiary alicyclic amines) is 1. The van der Waals surface area contributed by atoms with Crippen molar-refractivity contribution in [2.24, 2.45) is 0 Å². The number of para-hydroxylation sites is 1. The fraction of sp³-hybridized carbons (Fsp3) is 0.409. The van der Waals surface area contributed by atoms with E-state index >= 15 is 0 Å². The second kappa shape index (κ2) is 9.41. The summed E-state index contributed by atoms with van der Waals surface area (Å²) in [6, 6.07) is 15.6. The lowest BCUT2D eigenvalue weighted by atomic mass is 10.2. The van der Waals surface area contributed by atoms with Crippen LogP contribution in [0.15, 0.2) is 59.5 Å². The Morgan fingerprint density at radius 3 is 2.41 bits per heavy atom. The van der Waals surface area contributed by atoms with Crippen LogP contribution in [0, 0.1) is 0 Å². The van der Waals surface area contributed by atoms with Crippen molar-refractivity contribution in [3.05, 3.63) is 60.2 Å². The molecule has 156 valence electrons. The summed E-state index contributed by atoms with van der Waals surface area (Å²) in [6.07, 6.45) is 2.26. The summed E-state index contributed by atoms with van der Waals surface area (Å²) in [7, 11) is -3.69. The zero-order chi connectivity index (χ0) is 20.9. The molecule has 6 nitrogen and oxygen atoms in total. The smallest absolute Gasteiger partial charge is 0.264 e. The second-order valence-electron chi connectivity index (χ2n) is 7.16. The lowest BCUT2D eigenvalue weighted by Crippen LogP contribution is -2.40. The van der Waals surface area contributed by atoms with E-state index in [2.05, 4.69) is 17.1 Å². The van der Waals surface area contributed by atoms with Gasteiger partial charge in [0.05, 0.1) is 10.6 Å². The first-order chi connectivity index (χ1) is 14.0. The average molecular weight is 416 g/mol. The minimum Gasteiger partial charge on any atom is -0.350 e. The highest BCUT2D eigenvalue weighted by atomic mass is 32.2. The number of rotatable bonds is 8. The van der Waals surface area contributed by atoms with Crippen molar-refractivity contribution in [1.29, 1.82) is 0 Å². The standard InChI is InChI=1S/C22H29N3O3S/c1-3-24-16-8-11-20(24)17-23-22(26)18-12-14-21(15-13-18)29(27,28)25(4-2)19-9-6-5-7-10-19/h5-7,9-10,12-15,20H,3-4,8,11,16-17H2,1-2H3,(H,23,26). The minimum absolute atomic E-state index is 0.174. The number of carbonyl (C=O) groups is 1. The Kier molecular flexibility index (Phi) is 6.92. The molecule has 2 aromatic carbocycles. The number of nitrogens with zero attached hydrogens (tertiary/aromatic N) is 2. The zero-order valence-electron chi connectivity index (χ0n) is 17.0. The van der Waals surface area contributed by atoms with Gasteiger partial charge in [0.2, 0.25) is 0 Å². The Morgan fingerprint density at radius 2 is 1.79 bits per heavy atom. The molecule has 0 aromatic heterocycles. The van der Waals surface area contributed by atoms with Gasteiger partial charge in [-0.3, -0.25) is 14.0 Å². The van der Waals surface area contributed by atoms with Crippen molar-refractivity contribution in [2.75, 3.05) is 30.5 Å². The number of likely N-dealkylation sites (N-methyl/N-ethyl adjacent to an activating group) is 1. The van der Waals surface area contributed by atoms with E-state index in [9.17, 15) is 13.2 Å². The Balaban J connectivity index is 1.69. The molecule has 0 aliphatic carbocycles. The van der Waals surface area contributed by atoms with Crippen LogP contribution in [0.25, 0.3) is 0 Å². The van der Waals surface area contributed by atoms with Crippen molar-refractivity contribution in [2.45, 2.75) is 37.6 Å². The summed E-state index contributed by atoms with van der Waals surface area (Å²) in [6.45, 7) is 6.94.